The minimum absolute atomic E-state index is 0.173. The number of carboxylic acid groups (broad SMARTS) is 1. The number of fused-ring (bicyclic) bond motifs is 3. The van der Waals surface area contributed by atoms with Crippen LogP contribution < -0.4 is 5.32 Å². The maximum atomic E-state index is 11.5. The fraction of sp³-hybridized carbons (Fsp3) is 0.250. The molecule has 7 nitrogen and oxygen atoms in total. The van der Waals surface area contributed by atoms with Crippen LogP contribution in [0.25, 0.3) is 10.9 Å². The van der Waals surface area contributed by atoms with Gasteiger partial charge in [-0.05, 0) is 17.7 Å². The summed E-state index contributed by atoms with van der Waals surface area (Å²) >= 11 is 0. The second-order valence-corrected chi connectivity index (χ2v) is 5.81. The van der Waals surface area contributed by atoms with Crippen molar-refractivity contribution in [2.24, 2.45) is 0 Å². The molecule has 7 heteroatoms. The Labute approximate surface area is 131 Å². The molecule has 1 aliphatic rings. The van der Waals surface area contributed by atoms with Gasteiger partial charge in [0, 0.05) is 41.3 Å². The number of phenolic OH excluding ortho intramolecular Hbond substituents is 1. The van der Waals surface area contributed by atoms with Crippen molar-refractivity contribution in [2.45, 2.75) is 24.9 Å². The molecule has 0 radical (unpaired) electrons. The Balaban J connectivity index is 1.84. The van der Waals surface area contributed by atoms with Crippen LogP contribution in [0, 0.1) is 0 Å². The molecule has 0 aliphatic carbocycles. The number of aromatic hydroxyl groups is 1. The van der Waals surface area contributed by atoms with E-state index in [0.29, 0.717) is 18.2 Å². The Hall–Kier alpha value is -2.80. The molecule has 2 atom stereocenters. The topological polar surface area (TPSA) is 114 Å². The van der Waals surface area contributed by atoms with Gasteiger partial charge in [-0.25, -0.2) is 4.98 Å². The van der Waals surface area contributed by atoms with Gasteiger partial charge in [0.1, 0.15) is 11.8 Å². The molecule has 0 unspecified atom stereocenters. The zero-order valence-corrected chi connectivity index (χ0v) is 12.2. The molecule has 0 amide bonds. The Morgan fingerprint density at radius 2 is 2.26 bits per heavy atom. The summed E-state index contributed by atoms with van der Waals surface area (Å²) in [6, 6.07) is 4.40. The number of carboxylic acids is 1. The zero-order chi connectivity index (χ0) is 16.0. The van der Waals surface area contributed by atoms with Crippen LogP contribution >= 0.6 is 0 Å². The predicted molar refractivity (Wildman–Crippen MR) is 83.3 cm³/mol. The Morgan fingerprint density at radius 1 is 1.39 bits per heavy atom. The number of rotatable bonds is 3. The molecule has 0 saturated carbocycles. The standard InChI is InChI=1S/C16H16N4O3/c21-13-3-1-2-10-14(13)9-5-12(16(22)23)19-11(15(9)20-10)4-8-6-17-7-18-8/h1-3,6-7,11-12,19-21H,4-5H2,(H,17,18)(H,22,23)/t11-,12-/m0/s1. The van der Waals surface area contributed by atoms with E-state index in [2.05, 4.69) is 20.3 Å². The van der Waals surface area contributed by atoms with Crippen LogP contribution in [0.2, 0.25) is 0 Å². The van der Waals surface area contributed by atoms with Crippen molar-refractivity contribution < 1.29 is 15.0 Å². The highest BCUT2D eigenvalue weighted by molar-refractivity contribution is 5.91. The number of aromatic nitrogens is 3. The molecule has 3 aromatic rings. The summed E-state index contributed by atoms with van der Waals surface area (Å²) in [5.74, 6) is -0.721. The highest BCUT2D eigenvalue weighted by Gasteiger charge is 2.33. The number of aromatic amines is 2. The Kier molecular flexibility index (Phi) is 3.09. The van der Waals surface area contributed by atoms with Crippen LogP contribution in [0.4, 0.5) is 0 Å². The Bertz CT molecular complexity index is 869. The van der Waals surface area contributed by atoms with E-state index >= 15 is 0 Å². The number of aliphatic carboxylic acids is 1. The minimum Gasteiger partial charge on any atom is -0.507 e. The third-order valence-corrected chi connectivity index (χ3v) is 4.37. The van der Waals surface area contributed by atoms with E-state index in [1.165, 1.54) is 0 Å². The van der Waals surface area contributed by atoms with Gasteiger partial charge in [0.15, 0.2) is 0 Å². The summed E-state index contributed by atoms with van der Waals surface area (Å²) in [6.07, 6.45) is 4.25. The monoisotopic (exact) mass is 312 g/mol. The molecule has 0 saturated heterocycles. The summed E-state index contributed by atoms with van der Waals surface area (Å²) in [5.41, 5.74) is 3.53. The predicted octanol–water partition coefficient (Wildman–Crippen LogP) is 1.48. The van der Waals surface area contributed by atoms with E-state index in [1.807, 2.05) is 6.07 Å². The van der Waals surface area contributed by atoms with Crippen LogP contribution in [-0.2, 0) is 17.6 Å². The van der Waals surface area contributed by atoms with Crippen molar-refractivity contribution in [1.82, 2.24) is 20.3 Å². The molecule has 0 fully saturated rings. The first-order valence-electron chi connectivity index (χ1n) is 7.42. The molecule has 0 bridgehead atoms. The number of hydrogen-bond acceptors (Lipinski definition) is 4. The second-order valence-electron chi connectivity index (χ2n) is 5.81. The number of phenols is 1. The number of carbonyl (C=O) groups is 1. The van der Waals surface area contributed by atoms with Crippen LogP contribution in [0.15, 0.2) is 30.7 Å². The van der Waals surface area contributed by atoms with Gasteiger partial charge in [-0.15, -0.1) is 0 Å². The lowest BCUT2D eigenvalue weighted by Gasteiger charge is -2.29. The van der Waals surface area contributed by atoms with E-state index in [9.17, 15) is 15.0 Å². The molecule has 4 rings (SSSR count). The van der Waals surface area contributed by atoms with Crippen molar-refractivity contribution in [1.29, 1.82) is 0 Å². The number of nitrogens with zero attached hydrogens (tertiary/aromatic N) is 1. The molecule has 3 heterocycles. The van der Waals surface area contributed by atoms with E-state index in [1.54, 1.807) is 24.7 Å². The van der Waals surface area contributed by atoms with Gasteiger partial charge in [-0.1, -0.05) is 6.07 Å². The largest absolute Gasteiger partial charge is 0.507 e. The molecule has 2 aromatic heterocycles. The average molecular weight is 312 g/mol. The van der Waals surface area contributed by atoms with E-state index in [4.69, 9.17) is 0 Å². The Morgan fingerprint density at radius 3 is 3.00 bits per heavy atom. The highest BCUT2D eigenvalue weighted by atomic mass is 16.4. The summed E-state index contributed by atoms with van der Waals surface area (Å²) < 4.78 is 0. The van der Waals surface area contributed by atoms with Crippen molar-refractivity contribution in [3.05, 3.63) is 47.7 Å². The van der Waals surface area contributed by atoms with Crippen LogP contribution in [-0.4, -0.2) is 37.2 Å². The van der Waals surface area contributed by atoms with E-state index in [0.717, 1.165) is 22.5 Å². The third kappa shape index (κ3) is 2.25. The summed E-state index contributed by atoms with van der Waals surface area (Å²) in [7, 11) is 0. The molecule has 23 heavy (non-hydrogen) atoms. The third-order valence-electron chi connectivity index (χ3n) is 4.37. The van der Waals surface area contributed by atoms with Crippen LogP contribution in [0.1, 0.15) is 23.0 Å². The van der Waals surface area contributed by atoms with Gasteiger partial charge >= 0.3 is 5.97 Å². The molecule has 1 aliphatic heterocycles. The smallest absolute Gasteiger partial charge is 0.321 e. The minimum atomic E-state index is -0.893. The van der Waals surface area contributed by atoms with Crippen molar-refractivity contribution in [3.8, 4) is 5.75 Å². The van der Waals surface area contributed by atoms with Gasteiger partial charge in [-0.2, -0.15) is 0 Å². The number of imidazole rings is 1. The lowest BCUT2D eigenvalue weighted by Crippen LogP contribution is -2.45. The van der Waals surface area contributed by atoms with Crippen LogP contribution in [0.5, 0.6) is 5.75 Å². The quantitative estimate of drug-likeness (QED) is 0.502. The zero-order valence-electron chi connectivity index (χ0n) is 12.2. The maximum Gasteiger partial charge on any atom is 0.321 e. The van der Waals surface area contributed by atoms with Gasteiger partial charge in [-0.3, -0.25) is 10.1 Å². The first kappa shape index (κ1) is 13.8. The van der Waals surface area contributed by atoms with Gasteiger partial charge in [0.2, 0.25) is 0 Å². The fourth-order valence-corrected chi connectivity index (χ4v) is 3.35. The van der Waals surface area contributed by atoms with Crippen molar-refractivity contribution in [3.63, 3.8) is 0 Å². The average Bonchev–Trinajstić information content (AvgIpc) is 3.14. The summed E-state index contributed by atoms with van der Waals surface area (Å²) in [4.78, 5) is 21.9. The molecule has 1 aromatic carbocycles. The normalized spacial score (nSPS) is 20.5. The molecule has 118 valence electrons. The lowest BCUT2D eigenvalue weighted by molar-refractivity contribution is -0.139. The number of H-pyrrole nitrogens is 2. The van der Waals surface area contributed by atoms with Crippen LogP contribution in [0.3, 0.4) is 0 Å². The van der Waals surface area contributed by atoms with Gasteiger partial charge in [0.25, 0.3) is 0 Å². The lowest BCUT2D eigenvalue weighted by atomic mass is 9.91. The van der Waals surface area contributed by atoms with E-state index < -0.39 is 12.0 Å². The molecule has 0 spiro atoms. The maximum absolute atomic E-state index is 11.5. The number of benzene rings is 1. The SMILES string of the molecule is O=C(O)[C@@H]1Cc2c([nH]c3cccc(O)c23)[C@H](Cc2cnc[nH]2)N1. The summed E-state index contributed by atoms with van der Waals surface area (Å²) in [5, 5.41) is 23.5. The first-order chi connectivity index (χ1) is 11.1. The number of nitrogens with one attached hydrogen (secondary N) is 3. The van der Waals surface area contributed by atoms with Crippen molar-refractivity contribution in [2.75, 3.05) is 0 Å². The number of hydrogen-bond donors (Lipinski definition) is 5. The molecular weight excluding hydrogens is 296 g/mol. The summed E-state index contributed by atoms with van der Waals surface area (Å²) in [6.45, 7) is 0. The highest BCUT2D eigenvalue weighted by Crippen LogP contribution is 2.37. The van der Waals surface area contributed by atoms with Crippen molar-refractivity contribution >= 4 is 16.9 Å². The van der Waals surface area contributed by atoms with Gasteiger partial charge < -0.3 is 20.2 Å². The second kappa shape index (κ2) is 5.13. The molecular formula is C16H16N4O3. The van der Waals surface area contributed by atoms with E-state index in [-0.39, 0.29) is 11.8 Å². The molecule has 5 N–H and O–H groups in total. The van der Waals surface area contributed by atoms with Gasteiger partial charge in [0.05, 0.1) is 12.4 Å². The fourth-order valence-electron chi connectivity index (χ4n) is 3.35. The first-order valence-corrected chi connectivity index (χ1v) is 7.42.